The Hall–Kier alpha value is -1.86. The Balaban J connectivity index is 2.33. The lowest BCUT2D eigenvalue weighted by Crippen LogP contribution is -2.23. The van der Waals surface area contributed by atoms with Gasteiger partial charge in [-0.1, -0.05) is 11.6 Å². The van der Waals surface area contributed by atoms with Gasteiger partial charge in [0, 0.05) is 16.1 Å². The zero-order valence-corrected chi connectivity index (χ0v) is 12.3. The predicted octanol–water partition coefficient (Wildman–Crippen LogP) is 3.86. The second-order valence-corrected chi connectivity index (χ2v) is 6.69. The summed E-state index contributed by atoms with van der Waals surface area (Å²) in [6.45, 7) is 0. The van der Waals surface area contributed by atoms with Crippen LogP contribution in [-0.4, -0.2) is 19.7 Å². The number of carbonyl (C=O) groups excluding carboxylic acids is 1. The number of carbonyl (C=O) groups is 1. The lowest BCUT2D eigenvalue weighted by molar-refractivity contribution is -0.0436. The molecule has 8 heteroatoms. The van der Waals surface area contributed by atoms with E-state index >= 15 is 0 Å². The predicted molar refractivity (Wildman–Crippen MR) is 74.6 cm³/mol. The van der Waals surface area contributed by atoms with Crippen molar-refractivity contribution in [3.63, 3.8) is 0 Å². The van der Waals surface area contributed by atoms with Gasteiger partial charge in [0.15, 0.2) is 5.78 Å². The van der Waals surface area contributed by atoms with E-state index in [1.807, 2.05) is 0 Å². The molecule has 0 unspecified atom stereocenters. The number of alkyl halides is 3. The van der Waals surface area contributed by atoms with Gasteiger partial charge >= 0.3 is 5.51 Å². The van der Waals surface area contributed by atoms with Gasteiger partial charge in [0.05, 0.1) is 4.90 Å². The third-order valence-corrected chi connectivity index (χ3v) is 4.59. The van der Waals surface area contributed by atoms with Crippen molar-refractivity contribution < 1.29 is 26.4 Å². The fraction of sp³-hybridized carbons (Fsp3) is 0.0714. The Labute approximate surface area is 129 Å². The molecule has 2 aromatic rings. The maximum atomic E-state index is 12.4. The number of sulfone groups is 1. The molecule has 0 aliphatic heterocycles. The van der Waals surface area contributed by atoms with Crippen LogP contribution in [0.5, 0.6) is 0 Å². The van der Waals surface area contributed by atoms with Gasteiger partial charge in [0.2, 0.25) is 0 Å². The molecule has 2 aromatic carbocycles. The third-order valence-electron chi connectivity index (χ3n) is 2.84. The topological polar surface area (TPSA) is 51.2 Å². The van der Waals surface area contributed by atoms with Crippen molar-refractivity contribution in [1.82, 2.24) is 0 Å². The van der Waals surface area contributed by atoms with Gasteiger partial charge in [-0.25, -0.2) is 8.42 Å². The average molecular weight is 349 g/mol. The second-order valence-electron chi connectivity index (χ2n) is 4.31. The van der Waals surface area contributed by atoms with E-state index in [1.165, 1.54) is 24.3 Å². The van der Waals surface area contributed by atoms with Crippen molar-refractivity contribution in [2.75, 3.05) is 0 Å². The van der Waals surface area contributed by atoms with Crippen LogP contribution < -0.4 is 0 Å². The van der Waals surface area contributed by atoms with Crippen molar-refractivity contribution >= 4 is 27.2 Å². The molecule has 0 saturated carbocycles. The van der Waals surface area contributed by atoms with Crippen LogP contribution in [0.3, 0.4) is 0 Å². The minimum absolute atomic E-state index is 0.0726. The van der Waals surface area contributed by atoms with Gasteiger partial charge in [0.1, 0.15) is 0 Å². The Morgan fingerprint density at radius 2 is 1.27 bits per heavy atom. The van der Waals surface area contributed by atoms with E-state index in [2.05, 4.69) is 0 Å². The van der Waals surface area contributed by atoms with E-state index < -0.39 is 26.0 Å². The first-order valence-electron chi connectivity index (χ1n) is 5.84. The zero-order valence-electron chi connectivity index (χ0n) is 10.8. The molecular weight excluding hydrogens is 341 g/mol. The van der Waals surface area contributed by atoms with E-state index in [-0.39, 0.29) is 11.1 Å². The number of hydrogen-bond acceptors (Lipinski definition) is 3. The molecule has 0 fully saturated rings. The molecule has 0 heterocycles. The molecule has 0 atom stereocenters. The number of halogens is 4. The van der Waals surface area contributed by atoms with Crippen LogP contribution >= 0.6 is 11.6 Å². The van der Waals surface area contributed by atoms with Crippen molar-refractivity contribution in [2.24, 2.45) is 0 Å². The number of ketones is 1. The van der Waals surface area contributed by atoms with Gasteiger partial charge in [-0.15, -0.1) is 0 Å². The summed E-state index contributed by atoms with van der Waals surface area (Å²) in [6, 6.07) is 9.51. The molecule has 2 rings (SSSR count). The monoisotopic (exact) mass is 348 g/mol. The van der Waals surface area contributed by atoms with Crippen LogP contribution in [0.25, 0.3) is 0 Å². The molecule has 22 heavy (non-hydrogen) atoms. The van der Waals surface area contributed by atoms with Gasteiger partial charge < -0.3 is 0 Å². The first kappa shape index (κ1) is 16.5. The molecule has 0 aromatic heterocycles. The van der Waals surface area contributed by atoms with Gasteiger partial charge in [-0.3, -0.25) is 4.79 Å². The summed E-state index contributed by atoms with van der Waals surface area (Å²) in [5, 5.41) is 0.433. The average Bonchev–Trinajstić information content (AvgIpc) is 2.46. The highest BCUT2D eigenvalue weighted by Crippen LogP contribution is 2.30. The number of hydrogen-bond donors (Lipinski definition) is 0. The van der Waals surface area contributed by atoms with Crippen molar-refractivity contribution in [1.29, 1.82) is 0 Å². The maximum absolute atomic E-state index is 12.4. The molecule has 0 radical (unpaired) electrons. The minimum atomic E-state index is -5.42. The van der Waals surface area contributed by atoms with Gasteiger partial charge in [-0.05, 0) is 48.5 Å². The van der Waals surface area contributed by atoms with Crippen LogP contribution in [0.15, 0.2) is 53.4 Å². The molecule has 116 valence electrons. The molecule has 0 amide bonds. The summed E-state index contributed by atoms with van der Waals surface area (Å²) in [7, 11) is -5.42. The van der Waals surface area contributed by atoms with Crippen LogP contribution in [0.2, 0.25) is 5.02 Å². The molecule has 0 spiro atoms. The van der Waals surface area contributed by atoms with Crippen molar-refractivity contribution in [2.45, 2.75) is 10.4 Å². The first-order valence-corrected chi connectivity index (χ1v) is 7.71. The Morgan fingerprint density at radius 3 is 1.68 bits per heavy atom. The van der Waals surface area contributed by atoms with Crippen LogP contribution in [-0.2, 0) is 9.84 Å². The highest BCUT2D eigenvalue weighted by Gasteiger charge is 2.46. The maximum Gasteiger partial charge on any atom is 0.501 e. The molecule has 0 saturated heterocycles. The Bertz CT molecular complexity index is 795. The second kappa shape index (κ2) is 5.73. The summed E-state index contributed by atoms with van der Waals surface area (Å²) in [6.07, 6.45) is 0. The van der Waals surface area contributed by atoms with E-state index in [9.17, 15) is 26.4 Å². The summed E-state index contributed by atoms with van der Waals surface area (Å²) in [5.41, 5.74) is -5.02. The smallest absolute Gasteiger partial charge is 0.289 e. The Kier molecular flexibility index (Phi) is 4.30. The molecule has 3 nitrogen and oxygen atoms in total. The van der Waals surface area contributed by atoms with Gasteiger partial charge in [-0.2, -0.15) is 13.2 Å². The molecular formula is C14H8ClF3O3S. The summed E-state index contributed by atoms with van der Waals surface area (Å²) < 4.78 is 59.7. The molecule has 0 aliphatic carbocycles. The van der Waals surface area contributed by atoms with E-state index in [4.69, 9.17) is 11.6 Å². The third kappa shape index (κ3) is 3.15. The van der Waals surface area contributed by atoms with Crippen molar-refractivity contribution in [3.8, 4) is 0 Å². The lowest BCUT2D eigenvalue weighted by Gasteiger charge is -2.08. The van der Waals surface area contributed by atoms with Crippen LogP contribution in [0, 0.1) is 0 Å². The van der Waals surface area contributed by atoms with Crippen molar-refractivity contribution in [3.05, 3.63) is 64.7 Å². The van der Waals surface area contributed by atoms with E-state index in [0.29, 0.717) is 5.02 Å². The zero-order chi connectivity index (χ0) is 16.5. The fourth-order valence-electron chi connectivity index (χ4n) is 1.69. The highest BCUT2D eigenvalue weighted by atomic mass is 35.5. The van der Waals surface area contributed by atoms with E-state index in [0.717, 1.165) is 24.3 Å². The fourth-order valence-corrected chi connectivity index (χ4v) is 2.57. The van der Waals surface area contributed by atoms with Gasteiger partial charge in [0.25, 0.3) is 9.84 Å². The summed E-state index contributed by atoms with van der Waals surface area (Å²) in [5.74, 6) is -0.451. The standard InChI is InChI=1S/C14H8ClF3O3S/c15-11-5-1-9(2-6-11)13(19)10-3-7-12(8-4-10)22(20,21)14(16,17)18/h1-8H. The summed E-state index contributed by atoms with van der Waals surface area (Å²) in [4.78, 5) is 11.2. The molecule has 0 bridgehead atoms. The molecule has 0 aliphatic rings. The SMILES string of the molecule is O=C(c1ccc(Cl)cc1)c1ccc(S(=O)(=O)C(F)(F)F)cc1. The number of rotatable bonds is 3. The van der Waals surface area contributed by atoms with Crippen LogP contribution in [0.1, 0.15) is 15.9 Å². The quantitative estimate of drug-likeness (QED) is 0.791. The Morgan fingerprint density at radius 1 is 0.864 bits per heavy atom. The largest absolute Gasteiger partial charge is 0.501 e. The highest BCUT2D eigenvalue weighted by molar-refractivity contribution is 7.92. The first-order chi connectivity index (χ1) is 10.1. The minimum Gasteiger partial charge on any atom is -0.289 e. The normalized spacial score (nSPS) is 12.2. The van der Waals surface area contributed by atoms with Crippen LogP contribution in [0.4, 0.5) is 13.2 Å². The lowest BCUT2D eigenvalue weighted by atomic mass is 10.0. The summed E-state index contributed by atoms with van der Waals surface area (Å²) >= 11 is 5.69. The number of benzene rings is 2. The molecule has 0 N–H and O–H groups in total. The van der Waals surface area contributed by atoms with E-state index in [1.54, 1.807) is 0 Å².